The van der Waals surface area contributed by atoms with Crippen LogP contribution in [0.1, 0.15) is 40.0 Å². The SMILES string of the molecule is C=CO.CC(C)C1C[C@@H]2O[C@]23[C@]2(O[C@H]2CC2C4=C(C(=O)C[C@@]23C)C(=O)OC4)[C@@H]1O. The molecule has 4 fully saturated rings. The molecule has 8 atom stereocenters. The summed E-state index contributed by atoms with van der Waals surface area (Å²) in [6.45, 7) is 9.49. The number of esters is 1. The van der Waals surface area contributed by atoms with Gasteiger partial charge in [0.1, 0.15) is 17.8 Å². The minimum atomic E-state index is -0.683. The number of aliphatic hydroxyl groups excluding tert-OH is 2. The van der Waals surface area contributed by atoms with Gasteiger partial charge in [0.2, 0.25) is 0 Å². The lowest BCUT2D eigenvalue weighted by atomic mass is 9.46. The van der Waals surface area contributed by atoms with Gasteiger partial charge in [-0.15, -0.1) is 0 Å². The predicted octanol–water partition coefficient (Wildman–Crippen LogP) is 1.84. The van der Waals surface area contributed by atoms with Crippen molar-refractivity contribution in [1.82, 2.24) is 0 Å². The molecular weight excluding hydrogens is 376 g/mol. The highest BCUT2D eigenvalue weighted by atomic mass is 16.7. The Balaban J connectivity index is 0.000000573. The summed E-state index contributed by atoms with van der Waals surface area (Å²) < 4.78 is 17.8. The van der Waals surface area contributed by atoms with Gasteiger partial charge in [0.15, 0.2) is 11.4 Å². The van der Waals surface area contributed by atoms with Crippen molar-refractivity contribution >= 4 is 11.8 Å². The molecule has 6 aliphatic rings. The molecule has 2 N–H and O–H groups in total. The number of hydrogen-bond donors (Lipinski definition) is 2. The maximum atomic E-state index is 12.8. The van der Waals surface area contributed by atoms with Crippen molar-refractivity contribution in [2.75, 3.05) is 6.61 Å². The number of ether oxygens (including phenoxy) is 3. The third-order valence-electron chi connectivity index (χ3n) is 8.43. The zero-order valence-corrected chi connectivity index (χ0v) is 17.0. The van der Waals surface area contributed by atoms with E-state index >= 15 is 0 Å². The fraction of sp³-hybridized carbons (Fsp3) is 0.727. The van der Waals surface area contributed by atoms with Crippen molar-refractivity contribution in [3.05, 3.63) is 24.0 Å². The van der Waals surface area contributed by atoms with Gasteiger partial charge in [0, 0.05) is 11.8 Å². The zero-order valence-electron chi connectivity index (χ0n) is 17.0. The molecule has 0 bridgehead atoms. The standard InChI is InChI=1S/C20H24O6.C2H4O/c1-8(2)9-4-14-20(26-14)18(3)6-12(21)15-10(7-24-17(15)23)11(18)5-13-19(20,25-13)16(9)22;1-2-3/h8-9,11,13-14,16,22H,4-7H2,1-3H3;2-3H,1H2/t9?,11?,13-,14-,16+,18-,19+,20+;/m0./s1. The number of Topliss-reactive ketones (excluding diaryl/α,β-unsaturated/α-hetero) is 1. The minimum absolute atomic E-state index is 0.0177. The second-order valence-electron chi connectivity index (χ2n) is 9.79. The van der Waals surface area contributed by atoms with Crippen LogP contribution in [0.3, 0.4) is 0 Å². The van der Waals surface area contributed by atoms with Gasteiger partial charge in [-0.3, -0.25) is 4.79 Å². The van der Waals surface area contributed by atoms with E-state index in [1.54, 1.807) is 0 Å². The second-order valence-corrected chi connectivity index (χ2v) is 9.79. The van der Waals surface area contributed by atoms with Crippen LogP contribution in [-0.2, 0) is 23.8 Å². The molecule has 0 amide bonds. The Bertz CT molecular complexity index is 846. The molecule has 2 saturated carbocycles. The lowest BCUT2D eigenvalue weighted by molar-refractivity contribution is -0.138. The number of fused-ring (bicyclic) bond motifs is 2. The highest BCUT2D eigenvalue weighted by Gasteiger charge is 2.93. The quantitative estimate of drug-likeness (QED) is 0.297. The van der Waals surface area contributed by atoms with E-state index in [2.05, 4.69) is 27.4 Å². The van der Waals surface area contributed by atoms with Crippen LogP contribution in [0.5, 0.6) is 0 Å². The van der Waals surface area contributed by atoms with E-state index in [9.17, 15) is 14.7 Å². The third-order valence-corrected chi connectivity index (χ3v) is 8.43. The van der Waals surface area contributed by atoms with Crippen LogP contribution < -0.4 is 0 Å². The van der Waals surface area contributed by atoms with E-state index in [0.29, 0.717) is 5.92 Å². The summed E-state index contributed by atoms with van der Waals surface area (Å²) in [6, 6.07) is 0. The number of carbonyl (C=O) groups is 2. The summed E-state index contributed by atoms with van der Waals surface area (Å²) in [7, 11) is 0. The molecule has 158 valence electrons. The first-order valence-corrected chi connectivity index (χ1v) is 10.4. The van der Waals surface area contributed by atoms with Gasteiger partial charge in [-0.2, -0.15) is 0 Å². The monoisotopic (exact) mass is 404 g/mol. The number of cyclic esters (lactones) is 1. The molecule has 7 heteroatoms. The maximum Gasteiger partial charge on any atom is 0.342 e. The van der Waals surface area contributed by atoms with E-state index in [1.165, 1.54) is 0 Å². The van der Waals surface area contributed by atoms with Crippen LogP contribution >= 0.6 is 0 Å². The number of epoxide rings is 2. The van der Waals surface area contributed by atoms with Gasteiger partial charge >= 0.3 is 5.97 Å². The molecule has 0 aromatic heterocycles. The summed E-state index contributed by atoms with van der Waals surface area (Å²) in [5, 5.41) is 18.6. The molecular formula is C22H28O7. The highest BCUT2D eigenvalue weighted by molar-refractivity contribution is 6.20. The van der Waals surface area contributed by atoms with Crippen LogP contribution in [0.2, 0.25) is 0 Å². The molecule has 0 radical (unpaired) electrons. The molecule has 3 aliphatic carbocycles. The lowest BCUT2D eigenvalue weighted by Crippen LogP contribution is -2.67. The van der Waals surface area contributed by atoms with Gasteiger partial charge in [-0.25, -0.2) is 4.79 Å². The third kappa shape index (κ3) is 1.99. The second kappa shape index (κ2) is 5.71. The summed E-state index contributed by atoms with van der Waals surface area (Å²) in [5.74, 6) is -0.0871. The number of aliphatic hydroxyl groups is 2. The normalized spacial score (nSPS) is 50.9. The van der Waals surface area contributed by atoms with Gasteiger partial charge in [-0.05, 0) is 36.2 Å². The molecule has 0 aromatic carbocycles. The molecule has 3 aliphatic heterocycles. The Kier molecular flexibility index (Phi) is 3.79. The van der Waals surface area contributed by atoms with Crippen LogP contribution in [-0.4, -0.2) is 58.1 Å². The first-order chi connectivity index (χ1) is 13.7. The number of rotatable bonds is 1. The Hall–Kier alpha value is -1.70. The van der Waals surface area contributed by atoms with Crippen molar-refractivity contribution in [1.29, 1.82) is 0 Å². The molecule has 3 heterocycles. The largest absolute Gasteiger partial charge is 0.516 e. The summed E-state index contributed by atoms with van der Waals surface area (Å²) >= 11 is 0. The van der Waals surface area contributed by atoms with Crippen molar-refractivity contribution in [3.63, 3.8) is 0 Å². The highest BCUT2D eigenvalue weighted by Crippen LogP contribution is 2.79. The van der Waals surface area contributed by atoms with E-state index in [-0.39, 0.29) is 48.4 Å². The number of hydrogen-bond acceptors (Lipinski definition) is 7. The van der Waals surface area contributed by atoms with Crippen LogP contribution in [0.25, 0.3) is 0 Å². The Morgan fingerprint density at radius 2 is 1.90 bits per heavy atom. The summed E-state index contributed by atoms with van der Waals surface area (Å²) in [5.41, 5.74) is -0.652. The molecule has 2 saturated heterocycles. The van der Waals surface area contributed by atoms with Crippen molar-refractivity contribution in [2.45, 2.75) is 69.5 Å². The van der Waals surface area contributed by atoms with Gasteiger partial charge in [-0.1, -0.05) is 27.4 Å². The summed E-state index contributed by atoms with van der Waals surface area (Å²) in [4.78, 5) is 24.9. The number of carbonyl (C=O) groups excluding carboxylic acids is 2. The van der Waals surface area contributed by atoms with Crippen LogP contribution in [0.4, 0.5) is 0 Å². The fourth-order valence-corrected chi connectivity index (χ4v) is 7.18. The van der Waals surface area contributed by atoms with E-state index in [1.807, 2.05) is 0 Å². The number of ketones is 1. The first kappa shape index (κ1) is 19.3. The molecule has 0 aromatic rings. The van der Waals surface area contributed by atoms with Crippen LogP contribution in [0, 0.1) is 23.2 Å². The lowest BCUT2D eigenvalue weighted by Gasteiger charge is -2.53. The van der Waals surface area contributed by atoms with Crippen molar-refractivity contribution < 1.29 is 34.0 Å². The Morgan fingerprint density at radius 3 is 2.55 bits per heavy atom. The molecule has 7 nitrogen and oxygen atoms in total. The first-order valence-electron chi connectivity index (χ1n) is 10.4. The molecule has 6 rings (SSSR count). The van der Waals surface area contributed by atoms with Crippen LogP contribution in [0.15, 0.2) is 24.0 Å². The van der Waals surface area contributed by atoms with Gasteiger partial charge in [0.25, 0.3) is 0 Å². The Labute approximate surface area is 169 Å². The van der Waals surface area contributed by atoms with E-state index < -0.39 is 28.7 Å². The van der Waals surface area contributed by atoms with E-state index in [0.717, 1.165) is 24.7 Å². The molecule has 29 heavy (non-hydrogen) atoms. The summed E-state index contributed by atoms with van der Waals surface area (Å²) in [6.07, 6.45) is 1.91. The fourth-order valence-electron chi connectivity index (χ4n) is 7.18. The smallest absolute Gasteiger partial charge is 0.342 e. The zero-order chi connectivity index (χ0) is 20.9. The average Bonchev–Trinajstić information content (AvgIpc) is 3.51. The minimum Gasteiger partial charge on any atom is -0.516 e. The van der Waals surface area contributed by atoms with Gasteiger partial charge < -0.3 is 24.4 Å². The van der Waals surface area contributed by atoms with E-state index in [4.69, 9.17) is 19.3 Å². The van der Waals surface area contributed by atoms with Gasteiger partial charge in [0.05, 0.1) is 24.6 Å². The molecule has 2 spiro atoms. The molecule has 2 unspecified atom stereocenters. The average molecular weight is 404 g/mol. The topological polar surface area (TPSA) is 109 Å². The maximum absolute atomic E-state index is 12.8. The van der Waals surface area contributed by atoms with Crippen molar-refractivity contribution in [2.24, 2.45) is 23.2 Å². The Morgan fingerprint density at radius 1 is 1.21 bits per heavy atom. The van der Waals surface area contributed by atoms with Crippen molar-refractivity contribution in [3.8, 4) is 0 Å². The predicted molar refractivity (Wildman–Crippen MR) is 101 cm³/mol.